The van der Waals surface area contributed by atoms with Crippen molar-refractivity contribution in [1.29, 1.82) is 0 Å². The second-order valence-corrected chi connectivity index (χ2v) is 4.52. The molecule has 3 aromatic rings. The zero-order valence-electron chi connectivity index (χ0n) is 11.4. The van der Waals surface area contributed by atoms with E-state index in [-0.39, 0.29) is 17.7 Å². The first-order valence-electron chi connectivity index (χ1n) is 6.56. The molecule has 3 rings (SSSR count). The molecule has 1 aromatic carbocycles. The quantitative estimate of drug-likeness (QED) is 0.558. The predicted molar refractivity (Wildman–Crippen MR) is 80.5 cm³/mol. The van der Waals surface area contributed by atoms with Crippen molar-refractivity contribution in [3.05, 3.63) is 64.5 Å². The predicted octanol–water partition coefficient (Wildman–Crippen LogP) is 1.21. The van der Waals surface area contributed by atoms with Crippen LogP contribution in [0.25, 0.3) is 11.0 Å². The average molecular weight is 296 g/mol. The lowest BCUT2D eigenvalue weighted by Crippen LogP contribution is -2.25. The summed E-state index contributed by atoms with van der Waals surface area (Å²) in [7, 11) is 0. The first kappa shape index (κ1) is 13.7. The van der Waals surface area contributed by atoms with Crippen LogP contribution < -0.4 is 11.0 Å². The average Bonchev–Trinajstić information content (AvgIpc) is 3.01. The van der Waals surface area contributed by atoms with E-state index in [1.807, 2.05) is 6.07 Å². The highest BCUT2D eigenvalue weighted by molar-refractivity contribution is 5.82. The Balaban J connectivity index is 1.71. The summed E-state index contributed by atoms with van der Waals surface area (Å²) >= 11 is 0. The van der Waals surface area contributed by atoms with Crippen molar-refractivity contribution in [2.75, 3.05) is 0 Å². The number of furan rings is 1. The molecule has 0 aliphatic carbocycles. The summed E-state index contributed by atoms with van der Waals surface area (Å²) in [5.41, 5.74) is 3.34. The lowest BCUT2D eigenvalue weighted by Gasteiger charge is -2.01. The van der Waals surface area contributed by atoms with Gasteiger partial charge in [0, 0.05) is 0 Å². The zero-order chi connectivity index (χ0) is 15.4. The number of aromatic nitrogens is 2. The van der Waals surface area contributed by atoms with Crippen molar-refractivity contribution >= 4 is 23.2 Å². The van der Waals surface area contributed by atoms with E-state index in [2.05, 4.69) is 20.5 Å². The summed E-state index contributed by atoms with van der Waals surface area (Å²) in [6.07, 6.45) is 2.72. The highest BCUT2D eigenvalue weighted by atomic mass is 16.3. The molecule has 7 heteroatoms. The van der Waals surface area contributed by atoms with Gasteiger partial charge in [0.15, 0.2) is 0 Å². The Bertz CT molecular complexity index is 881. The number of hydrazone groups is 1. The number of nitrogens with one attached hydrogen (secondary N) is 2. The van der Waals surface area contributed by atoms with Crippen molar-refractivity contribution in [2.45, 2.75) is 6.42 Å². The fourth-order valence-corrected chi connectivity index (χ4v) is 1.91. The number of fused-ring (bicyclic) bond motifs is 1. The van der Waals surface area contributed by atoms with Crippen LogP contribution in [0.5, 0.6) is 0 Å². The molecule has 0 spiro atoms. The molecule has 2 N–H and O–H groups in total. The molecule has 0 saturated carbocycles. The van der Waals surface area contributed by atoms with Crippen LogP contribution in [0.15, 0.2) is 57.0 Å². The number of carbonyl (C=O) groups excluding carboxylic acids is 1. The minimum Gasteiger partial charge on any atom is -0.463 e. The van der Waals surface area contributed by atoms with Gasteiger partial charge >= 0.3 is 0 Å². The highest BCUT2D eigenvalue weighted by Gasteiger charge is 2.09. The lowest BCUT2D eigenvalue weighted by molar-refractivity contribution is -0.120. The molecule has 0 unspecified atom stereocenters. The molecule has 0 atom stereocenters. The lowest BCUT2D eigenvalue weighted by atomic mass is 10.2. The fourth-order valence-electron chi connectivity index (χ4n) is 1.91. The second-order valence-electron chi connectivity index (χ2n) is 4.52. The molecule has 0 fully saturated rings. The molecule has 0 saturated heterocycles. The van der Waals surface area contributed by atoms with Gasteiger partial charge in [-0.1, -0.05) is 12.1 Å². The summed E-state index contributed by atoms with van der Waals surface area (Å²) in [6.45, 7) is 0. The van der Waals surface area contributed by atoms with Crippen LogP contribution in [0.1, 0.15) is 11.5 Å². The molecular weight excluding hydrogens is 284 g/mol. The summed E-state index contributed by atoms with van der Waals surface area (Å²) in [6, 6.07) is 10.5. The standard InChI is InChI=1S/C15H12N4O3/c20-14(19-16-9-10-4-3-7-22-10)8-13-15(21)18-12-6-2-1-5-11(12)17-13/h1-7,9H,8H2,(H,18,21)(H,19,20). The maximum Gasteiger partial charge on any atom is 0.270 e. The molecule has 0 aliphatic heterocycles. The topological polar surface area (TPSA) is 100 Å². The molecule has 0 aliphatic rings. The molecule has 0 radical (unpaired) electrons. The van der Waals surface area contributed by atoms with Crippen molar-refractivity contribution in [2.24, 2.45) is 5.10 Å². The third-order valence-corrected chi connectivity index (χ3v) is 2.92. The number of amides is 1. The Labute approximate surface area is 124 Å². The van der Waals surface area contributed by atoms with Crippen LogP contribution in [0, 0.1) is 0 Å². The molecular formula is C15H12N4O3. The Kier molecular flexibility index (Phi) is 3.78. The van der Waals surface area contributed by atoms with Crippen LogP contribution in [0.4, 0.5) is 0 Å². The molecule has 1 amide bonds. The van der Waals surface area contributed by atoms with E-state index in [1.165, 1.54) is 12.5 Å². The number of rotatable bonds is 4. The SMILES string of the molecule is O=C(Cc1nc2ccccc2[nH]c1=O)NN=Cc1ccco1. The summed E-state index contributed by atoms with van der Waals surface area (Å²) in [5, 5.41) is 3.74. The second kappa shape index (κ2) is 6.04. The Morgan fingerprint density at radius 2 is 2.18 bits per heavy atom. The summed E-state index contributed by atoms with van der Waals surface area (Å²) in [4.78, 5) is 30.5. The van der Waals surface area contributed by atoms with E-state index >= 15 is 0 Å². The Hall–Kier alpha value is -3.22. The van der Waals surface area contributed by atoms with Gasteiger partial charge in [-0.25, -0.2) is 10.4 Å². The van der Waals surface area contributed by atoms with Gasteiger partial charge in [0.25, 0.3) is 5.56 Å². The number of hydrogen-bond acceptors (Lipinski definition) is 5. The van der Waals surface area contributed by atoms with E-state index in [1.54, 1.807) is 30.3 Å². The van der Waals surface area contributed by atoms with Crippen LogP contribution in [-0.4, -0.2) is 22.1 Å². The van der Waals surface area contributed by atoms with Gasteiger partial charge in [0.2, 0.25) is 5.91 Å². The summed E-state index contributed by atoms with van der Waals surface area (Å²) < 4.78 is 5.03. The molecule has 22 heavy (non-hydrogen) atoms. The number of aromatic amines is 1. The van der Waals surface area contributed by atoms with Crippen LogP contribution in [0.3, 0.4) is 0 Å². The summed E-state index contributed by atoms with van der Waals surface area (Å²) in [5.74, 6) is 0.0815. The largest absolute Gasteiger partial charge is 0.463 e. The third-order valence-electron chi connectivity index (χ3n) is 2.92. The van der Waals surface area contributed by atoms with E-state index in [4.69, 9.17) is 4.42 Å². The van der Waals surface area contributed by atoms with E-state index in [0.29, 0.717) is 16.8 Å². The minimum atomic E-state index is -0.434. The van der Waals surface area contributed by atoms with E-state index in [0.717, 1.165) is 0 Å². The first-order valence-corrected chi connectivity index (χ1v) is 6.56. The number of para-hydroxylation sites is 2. The number of benzene rings is 1. The number of hydrogen-bond donors (Lipinski definition) is 2. The van der Waals surface area contributed by atoms with E-state index in [9.17, 15) is 9.59 Å². The minimum absolute atomic E-state index is 0.143. The number of nitrogens with zero attached hydrogens (tertiary/aromatic N) is 2. The Morgan fingerprint density at radius 1 is 1.32 bits per heavy atom. The van der Waals surface area contributed by atoms with Crippen LogP contribution in [0.2, 0.25) is 0 Å². The number of carbonyl (C=O) groups is 1. The number of H-pyrrole nitrogens is 1. The van der Waals surface area contributed by atoms with Crippen molar-refractivity contribution in [3.8, 4) is 0 Å². The maximum atomic E-state index is 11.9. The van der Waals surface area contributed by atoms with Crippen molar-refractivity contribution in [3.63, 3.8) is 0 Å². The fraction of sp³-hybridized carbons (Fsp3) is 0.0667. The zero-order valence-corrected chi connectivity index (χ0v) is 11.4. The van der Waals surface area contributed by atoms with Gasteiger partial charge in [-0.05, 0) is 24.3 Å². The molecule has 2 heterocycles. The molecule has 0 bridgehead atoms. The first-order chi connectivity index (χ1) is 10.7. The Morgan fingerprint density at radius 3 is 3.00 bits per heavy atom. The van der Waals surface area contributed by atoms with Crippen LogP contribution >= 0.6 is 0 Å². The van der Waals surface area contributed by atoms with Crippen molar-refractivity contribution in [1.82, 2.24) is 15.4 Å². The van der Waals surface area contributed by atoms with Gasteiger partial charge in [-0.3, -0.25) is 9.59 Å². The molecule has 110 valence electrons. The van der Waals surface area contributed by atoms with Gasteiger partial charge < -0.3 is 9.40 Å². The maximum absolute atomic E-state index is 11.9. The normalized spacial score (nSPS) is 11.1. The monoisotopic (exact) mass is 296 g/mol. The highest BCUT2D eigenvalue weighted by Crippen LogP contribution is 2.06. The van der Waals surface area contributed by atoms with Gasteiger partial charge in [0.1, 0.15) is 11.5 Å². The van der Waals surface area contributed by atoms with Gasteiger partial charge in [-0.2, -0.15) is 5.10 Å². The smallest absolute Gasteiger partial charge is 0.270 e. The van der Waals surface area contributed by atoms with Crippen molar-refractivity contribution < 1.29 is 9.21 Å². The third kappa shape index (κ3) is 3.09. The van der Waals surface area contributed by atoms with Crippen LogP contribution in [-0.2, 0) is 11.2 Å². The molecule has 7 nitrogen and oxygen atoms in total. The van der Waals surface area contributed by atoms with Gasteiger partial charge in [0.05, 0.1) is 29.9 Å². The van der Waals surface area contributed by atoms with Gasteiger partial charge in [-0.15, -0.1) is 0 Å². The van der Waals surface area contributed by atoms with E-state index < -0.39 is 5.91 Å². The molecule has 2 aromatic heterocycles.